The van der Waals surface area contributed by atoms with E-state index in [1.54, 1.807) is 23.7 Å². The molecule has 0 aliphatic carbocycles. The standard InChI is InChI=1S/C14H14N4S2/c15-13-12(11-2-5-16-6-3-11)14(20-18-13)17-7-1-10-4-8-19-9-10/h2-6,8-9,17H,1,7H2,(H2,15,18). The maximum absolute atomic E-state index is 5.98. The molecule has 3 aromatic heterocycles. The van der Waals surface area contributed by atoms with Crippen LogP contribution in [0.15, 0.2) is 41.4 Å². The summed E-state index contributed by atoms with van der Waals surface area (Å²) in [6, 6.07) is 6.05. The predicted octanol–water partition coefficient (Wildman–Crippen LogP) is 3.50. The summed E-state index contributed by atoms with van der Waals surface area (Å²) in [5.41, 5.74) is 9.35. The third kappa shape index (κ3) is 2.81. The summed E-state index contributed by atoms with van der Waals surface area (Å²) in [4.78, 5) is 4.03. The van der Waals surface area contributed by atoms with E-state index in [1.807, 2.05) is 12.1 Å². The van der Waals surface area contributed by atoms with E-state index < -0.39 is 0 Å². The second-order valence-electron chi connectivity index (χ2n) is 4.32. The molecule has 3 N–H and O–H groups in total. The van der Waals surface area contributed by atoms with Gasteiger partial charge in [0.15, 0.2) is 0 Å². The number of nitrogens with one attached hydrogen (secondary N) is 1. The van der Waals surface area contributed by atoms with Crippen LogP contribution in [0.4, 0.5) is 10.8 Å². The number of thiophene rings is 1. The summed E-state index contributed by atoms with van der Waals surface area (Å²) in [6.45, 7) is 0.871. The van der Waals surface area contributed by atoms with Crippen molar-refractivity contribution in [3.63, 3.8) is 0 Å². The number of anilines is 2. The minimum Gasteiger partial charge on any atom is -0.382 e. The number of hydrogen-bond acceptors (Lipinski definition) is 6. The van der Waals surface area contributed by atoms with Crippen molar-refractivity contribution in [1.29, 1.82) is 0 Å². The lowest BCUT2D eigenvalue weighted by Crippen LogP contribution is -2.04. The maximum atomic E-state index is 5.98. The number of rotatable bonds is 5. The fraction of sp³-hybridized carbons (Fsp3) is 0.143. The van der Waals surface area contributed by atoms with E-state index in [2.05, 4.69) is 31.5 Å². The van der Waals surface area contributed by atoms with Crippen molar-refractivity contribution < 1.29 is 0 Å². The van der Waals surface area contributed by atoms with E-state index in [1.165, 1.54) is 17.1 Å². The van der Waals surface area contributed by atoms with Crippen LogP contribution in [-0.2, 0) is 6.42 Å². The van der Waals surface area contributed by atoms with Crippen molar-refractivity contribution in [3.05, 3.63) is 46.9 Å². The molecule has 0 fully saturated rings. The summed E-state index contributed by atoms with van der Waals surface area (Å²) in [6.07, 6.45) is 4.53. The van der Waals surface area contributed by atoms with Gasteiger partial charge in [0.2, 0.25) is 0 Å². The quantitative estimate of drug-likeness (QED) is 0.757. The lowest BCUT2D eigenvalue weighted by atomic mass is 10.1. The molecule has 102 valence electrons. The average Bonchev–Trinajstić information content (AvgIpc) is 3.10. The molecule has 0 unspecified atom stereocenters. The Morgan fingerprint density at radius 3 is 2.80 bits per heavy atom. The van der Waals surface area contributed by atoms with Gasteiger partial charge < -0.3 is 11.1 Å². The number of aromatic nitrogens is 2. The summed E-state index contributed by atoms with van der Waals surface area (Å²) in [5.74, 6) is 0.569. The Morgan fingerprint density at radius 2 is 2.05 bits per heavy atom. The first-order chi connectivity index (χ1) is 9.84. The molecule has 0 aliphatic heterocycles. The number of hydrogen-bond donors (Lipinski definition) is 2. The molecule has 0 saturated heterocycles. The Kier molecular flexibility index (Phi) is 3.94. The van der Waals surface area contributed by atoms with Crippen LogP contribution in [0.25, 0.3) is 11.1 Å². The monoisotopic (exact) mass is 302 g/mol. The smallest absolute Gasteiger partial charge is 0.147 e. The summed E-state index contributed by atoms with van der Waals surface area (Å²) in [5, 5.41) is 8.72. The summed E-state index contributed by atoms with van der Waals surface area (Å²) >= 11 is 3.13. The molecule has 3 rings (SSSR count). The lowest BCUT2D eigenvalue weighted by molar-refractivity contribution is 1.03. The van der Waals surface area contributed by atoms with Crippen LogP contribution in [0.5, 0.6) is 0 Å². The van der Waals surface area contributed by atoms with Gasteiger partial charge in [-0.3, -0.25) is 4.98 Å². The summed E-state index contributed by atoms with van der Waals surface area (Å²) < 4.78 is 4.25. The van der Waals surface area contributed by atoms with Gasteiger partial charge in [-0.25, -0.2) is 0 Å². The van der Waals surface area contributed by atoms with Crippen LogP contribution < -0.4 is 11.1 Å². The van der Waals surface area contributed by atoms with Gasteiger partial charge in [0, 0.05) is 18.9 Å². The number of nitrogen functional groups attached to an aromatic ring is 1. The van der Waals surface area contributed by atoms with Crippen molar-refractivity contribution in [2.45, 2.75) is 6.42 Å². The van der Waals surface area contributed by atoms with Crippen molar-refractivity contribution in [2.75, 3.05) is 17.6 Å². The first kappa shape index (κ1) is 13.1. The Hall–Kier alpha value is -1.92. The van der Waals surface area contributed by atoms with Gasteiger partial charge in [-0.05, 0) is 58.0 Å². The fourth-order valence-corrected chi connectivity index (χ4v) is 3.44. The van der Waals surface area contributed by atoms with Gasteiger partial charge in [-0.1, -0.05) is 0 Å². The van der Waals surface area contributed by atoms with Gasteiger partial charge in [0.25, 0.3) is 0 Å². The maximum Gasteiger partial charge on any atom is 0.147 e. The van der Waals surface area contributed by atoms with Crippen LogP contribution >= 0.6 is 22.9 Å². The molecule has 0 bridgehead atoms. The average molecular weight is 302 g/mol. The van der Waals surface area contributed by atoms with Crippen molar-refractivity contribution in [2.24, 2.45) is 0 Å². The zero-order chi connectivity index (χ0) is 13.8. The second-order valence-corrected chi connectivity index (χ2v) is 5.87. The zero-order valence-electron chi connectivity index (χ0n) is 10.7. The van der Waals surface area contributed by atoms with E-state index in [9.17, 15) is 0 Å². The van der Waals surface area contributed by atoms with E-state index in [4.69, 9.17) is 5.73 Å². The van der Waals surface area contributed by atoms with Gasteiger partial charge in [-0.15, -0.1) is 0 Å². The Bertz CT molecular complexity index is 662. The highest BCUT2D eigenvalue weighted by Gasteiger charge is 2.13. The van der Waals surface area contributed by atoms with Gasteiger partial charge in [0.1, 0.15) is 10.8 Å². The van der Waals surface area contributed by atoms with Gasteiger partial charge >= 0.3 is 0 Å². The highest BCUT2D eigenvalue weighted by atomic mass is 32.1. The zero-order valence-corrected chi connectivity index (χ0v) is 12.4. The minimum absolute atomic E-state index is 0.569. The van der Waals surface area contributed by atoms with Crippen LogP contribution in [0.1, 0.15) is 5.56 Å². The Balaban J connectivity index is 1.74. The highest BCUT2D eigenvalue weighted by Crippen LogP contribution is 2.36. The molecule has 0 aromatic carbocycles. The third-order valence-electron chi connectivity index (χ3n) is 2.97. The molecule has 6 heteroatoms. The molecule has 0 radical (unpaired) electrons. The molecule has 0 aliphatic rings. The molecule has 0 saturated carbocycles. The van der Waals surface area contributed by atoms with E-state index in [0.29, 0.717) is 5.82 Å². The number of nitrogens with two attached hydrogens (primary N) is 1. The molecular formula is C14H14N4S2. The molecule has 0 amide bonds. The van der Waals surface area contributed by atoms with E-state index in [0.717, 1.165) is 29.1 Å². The van der Waals surface area contributed by atoms with Crippen LogP contribution in [0, 0.1) is 0 Å². The second kappa shape index (κ2) is 6.02. The minimum atomic E-state index is 0.569. The summed E-state index contributed by atoms with van der Waals surface area (Å²) in [7, 11) is 0. The number of pyridine rings is 1. The van der Waals surface area contributed by atoms with Crippen molar-refractivity contribution >= 4 is 33.7 Å². The van der Waals surface area contributed by atoms with Crippen molar-refractivity contribution in [3.8, 4) is 11.1 Å². The normalized spacial score (nSPS) is 10.6. The van der Waals surface area contributed by atoms with E-state index in [-0.39, 0.29) is 0 Å². The fourth-order valence-electron chi connectivity index (χ4n) is 1.98. The Morgan fingerprint density at radius 1 is 1.20 bits per heavy atom. The highest BCUT2D eigenvalue weighted by molar-refractivity contribution is 7.11. The largest absolute Gasteiger partial charge is 0.382 e. The molecule has 4 nitrogen and oxygen atoms in total. The van der Waals surface area contributed by atoms with Crippen molar-refractivity contribution in [1.82, 2.24) is 9.36 Å². The Labute approximate surface area is 125 Å². The molecule has 3 aromatic rings. The first-order valence-electron chi connectivity index (χ1n) is 6.25. The SMILES string of the molecule is Nc1nsc(NCCc2ccsc2)c1-c1ccncc1. The molecule has 20 heavy (non-hydrogen) atoms. The van der Waals surface area contributed by atoms with Crippen LogP contribution in [-0.4, -0.2) is 15.9 Å². The number of nitrogens with zero attached hydrogens (tertiary/aromatic N) is 2. The molecule has 0 atom stereocenters. The molecular weight excluding hydrogens is 288 g/mol. The molecule has 0 spiro atoms. The van der Waals surface area contributed by atoms with E-state index >= 15 is 0 Å². The first-order valence-corrected chi connectivity index (χ1v) is 7.96. The van der Waals surface area contributed by atoms with Crippen LogP contribution in [0.3, 0.4) is 0 Å². The van der Waals surface area contributed by atoms with Crippen LogP contribution in [0.2, 0.25) is 0 Å². The predicted molar refractivity (Wildman–Crippen MR) is 86.3 cm³/mol. The lowest BCUT2D eigenvalue weighted by Gasteiger charge is -2.06. The topological polar surface area (TPSA) is 63.8 Å². The van der Waals surface area contributed by atoms with Gasteiger partial charge in [0.05, 0.1) is 5.56 Å². The molecule has 3 heterocycles. The van der Waals surface area contributed by atoms with Gasteiger partial charge in [-0.2, -0.15) is 15.7 Å². The third-order valence-corrected chi connectivity index (χ3v) is 4.52.